The van der Waals surface area contributed by atoms with Crippen molar-refractivity contribution in [2.75, 3.05) is 37.8 Å². The monoisotopic (exact) mass is 416 g/mol. The third-order valence-corrected chi connectivity index (χ3v) is 6.20. The zero-order valence-electron chi connectivity index (χ0n) is 18.1. The number of carbonyl (C=O) groups is 2. The summed E-state index contributed by atoms with van der Waals surface area (Å²) in [6, 6.07) is 5.49. The molecule has 3 aliphatic rings. The molecule has 30 heavy (non-hydrogen) atoms. The van der Waals surface area contributed by atoms with Crippen LogP contribution >= 0.6 is 0 Å². The molecule has 0 saturated carbocycles. The van der Waals surface area contributed by atoms with E-state index < -0.39 is 5.92 Å². The van der Waals surface area contributed by atoms with Crippen molar-refractivity contribution in [1.29, 1.82) is 0 Å². The molecule has 3 atom stereocenters. The van der Waals surface area contributed by atoms with Gasteiger partial charge in [-0.15, -0.1) is 0 Å². The Morgan fingerprint density at radius 3 is 2.67 bits per heavy atom. The smallest absolute Gasteiger partial charge is 0.239 e. The van der Waals surface area contributed by atoms with Crippen LogP contribution in [0.1, 0.15) is 40.0 Å². The van der Waals surface area contributed by atoms with Gasteiger partial charge >= 0.3 is 0 Å². The Morgan fingerprint density at radius 1 is 1.13 bits per heavy atom. The van der Waals surface area contributed by atoms with Crippen molar-refractivity contribution >= 4 is 17.5 Å². The molecule has 0 aromatic heterocycles. The summed E-state index contributed by atoms with van der Waals surface area (Å²) in [6.07, 6.45) is 2.67. The summed E-state index contributed by atoms with van der Waals surface area (Å²) in [5.74, 6) is 0.623. The maximum absolute atomic E-state index is 13.0. The Hall–Kier alpha value is -2.28. The molecule has 7 nitrogen and oxygen atoms in total. The summed E-state index contributed by atoms with van der Waals surface area (Å²) >= 11 is 0. The van der Waals surface area contributed by atoms with Gasteiger partial charge in [0.2, 0.25) is 11.8 Å². The second-order valence-electron chi connectivity index (χ2n) is 9.46. The van der Waals surface area contributed by atoms with E-state index in [0.29, 0.717) is 44.2 Å². The summed E-state index contributed by atoms with van der Waals surface area (Å²) in [5.41, 5.74) is 0.765. The Bertz CT molecular complexity index is 803. The molecule has 3 heterocycles. The highest BCUT2D eigenvalue weighted by Crippen LogP contribution is 2.36. The van der Waals surface area contributed by atoms with E-state index >= 15 is 0 Å². The van der Waals surface area contributed by atoms with Gasteiger partial charge in [-0.3, -0.25) is 9.59 Å². The van der Waals surface area contributed by atoms with Gasteiger partial charge in [0.25, 0.3) is 0 Å². The number of carbonyl (C=O) groups excluding carboxylic acids is 2. The van der Waals surface area contributed by atoms with E-state index in [1.807, 2.05) is 18.2 Å². The van der Waals surface area contributed by atoms with Crippen LogP contribution in [0.5, 0.6) is 11.5 Å². The number of anilines is 1. The first-order valence-electron chi connectivity index (χ1n) is 10.9. The maximum Gasteiger partial charge on any atom is 0.239 e. The van der Waals surface area contributed by atoms with Crippen LogP contribution in [0, 0.1) is 17.3 Å². The average Bonchev–Trinajstić information content (AvgIpc) is 3.12. The molecule has 164 valence electrons. The first kappa shape index (κ1) is 21.0. The highest BCUT2D eigenvalue weighted by Gasteiger charge is 2.39. The van der Waals surface area contributed by atoms with Crippen molar-refractivity contribution < 1.29 is 23.8 Å². The van der Waals surface area contributed by atoms with Gasteiger partial charge in [-0.05, 0) is 36.8 Å². The molecule has 7 heteroatoms. The van der Waals surface area contributed by atoms with E-state index in [4.69, 9.17) is 14.2 Å². The Kier molecular flexibility index (Phi) is 5.91. The predicted molar refractivity (Wildman–Crippen MR) is 113 cm³/mol. The van der Waals surface area contributed by atoms with Gasteiger partial charge in [-0.25, -0.2) is 0 Å². The van der Waals surface area contributed by atoms with E-state index in [9.17, 15) is 9.59 Å². The molecule has 1 aromatic carbocycles. The molecule has 0 bridgehead atoms. The minimum absolute atomic E-state index is 0.0219. The van der Waals surface area contributed by atoms with Gasteiger partial charge in [0.05, 0.1) is 6.10 Å². The molecule has 0 radical (unpaired) electrons. The predicted octanol–water partition coefficient (Wildman–Crippen LogP) is 2.77. The summed E-state index contributed by atoms with van der Waals surface area (Å²) in [4.78, 5) is 27.4. The Balaban J connectivity index is 1.37. The number of nitrogens with one attached hydrogen (secondary N) is 1. The summed E-state index contributed by atoms with van der Waals surface area (Å²) in [6.45, 7) is 9.38. The second-order valence-corrected chi connectivity index (χ2v) is 9.46. The van der Waals surface area contributed by atoms with Gasteiger partial charge in [0.15, 0.2) is 11.5 Å². The molecular weight excluding hydrogens is 384 g/mol. The van der Waals surface area contributed by atoms with E-state index in [2.05, 4.69) is 26.1 Å². The second kappa shape index (κ2) is 8.46. The number of benzene rings is 1. The van der Waals surface area contributed by atoms with E-state index in [-0.39, 0.29) is 29.3 Å². The zero-order valence-corrected chi connectivity index (χ0v) is 18.1. The van der Waals surface area contributed by atoms with Gasteiger partial charge in [-0.1, -0.05) is 20.8 Å². The molecule has 2 amide bonds. The standard InChI is InChI=1S/C23H32N2O5/c1-23(2,3)20-15(5-4-10-30-20)14-24-21(26)17-8-9-25(22(17)27)16-6-7-18-19(13-16)29-12-11-28-18/h6-7,13,15,17,20H,4-5,8-12,14H2,1-3H3,(H,24,26)/t15-,17+,20-/m1/s1. The summed E-state index contributed by atoms with van der Waals surface area (Å²) < 4.78 is 17.2. The number of rotatable bonds is 4. The molecule has 4 rings (SSSR count). The Labute approximate surface area is 178 Å². The highest BCUT2D eigenvalue weighted by atomic mass is 16.6. The molecule has 0 spiro atoms. The van der Waals surface area contributed by atoms with Crippen LogP contribution in [0.3, 0.4) is 0 Å². The third kappa shape index (κ3) is 4.26. The van der Waals surface area contributed by atoms with Crippen LogP contribution in [0.25, 0.3) is 0 Å². The third-order valence-electron chi connectivity index (χ3n) is 6.20. The molecule has 0 unspecified atom stereocenters. The lowest BCUT2D eigenvalue weighted by atomic mass is 9.78. The molecule has 1 aromatic rings. The molecule has 3 aliphatic heterocycles. The van der Waals surface area contributed by atoms with Gasteiger partial charge in [0.1, 0.15) is 19.1 Å². The number of ether oxygens (including phenoxy) is 3. The van der Waals surface area contributed by atoms with Crippen molar-refractivity contribution in [2.24, 2.45) is 17.3 Å². The molecule has 2 fully saturated rings. The van der Waals surface area contributed by atoms with Crippen LogP contribution < -0.4 is 19.7 Å². The van der Waals surface area contributed by atoms with E-state index in [1.54, 1.807) is 4.90 Å². The van der Waals surface area contributed by atoms with Crippen LogP contribution in [-0.4, -0.2) is 50.8 Å². The quantitative estimate of drug-likeness (QED) is 0.764. The zero-order chi connectivity index (χ0) is 21.3. The lowest BCUT2D eigenvalue weighted by Gasteiger charge is -2.40. The van der Waals surface area contributed by atoms with E-state index in [1.165, 1.54) is 0 Å². The van der Waals surface area contributed by atoms with Crippen LogP contribution in [0.15, 0.2) is 18.2 Å². The number of amides is 2. The molecule has 0 aliphatic carbocycles. The van der Waals surface area contributed by atoms with Gasteiger partial charge < -0.3 is 24.4 Å². The van der Waals surface area contributed by atoms with Gasteiger partial charge in [-0.2, -0.15) is 0 Å². The summed E-state index contributed by atoms with van der Waals surface area (Å²) in [5, 5.41) is 3.04. The molecule has 1 N–H and O–H groups in total. The van der Waals surface area contributed by atoms with Crippen LogP contribution in [0.4, 0.5) is 5.69 Å². The van der Waals surface area contributed by atoms with Crippen molar-refractivity contribution in [2.45, 2.75) is 46.1 Å². The average molecular weight is 417 g/mol. The lowest BCUT2D eigenvalue weighted by molar-refractivity contribution is -0.133. The van der Waals surface area contributed by atoms with Crippen LogP contribution in [0.2, 0.25) is 0 Å². The molecule has 2 saturated heterocycles. The largest absolute Gasteiger partial charge is 0.486 e. The lowest BCUT2D eigenvalue weighted by Crippen LogP contribution is -2.46. The van der Waals surface area contributed by atoms with Crippen LogP contribution in [-0.2, 0) is 14.3 Å². The summed E-state index contributed by atoms with van der Waals surface area (Å²) in [7, 11) is 0. The minimum Gasteiger partial charge on any atom is -0.486 e. The topological polar surface area (TPSA) is 77.1 Å². The number of nitrogens with zero attached hydrogens (tertiary/aromatic N) is 1. The Morgan fingerprint density at radius 2 is 1.90 bits per heavy atom. The first-order valence-corrected chi connectivity index (χ1v) is 10.9. The fraction of sp³-hybridized carbons (Fsp3) is 0.652. The normalized spacial score (nSPS) is 26.6. The first-order chi connectivity index (χ1) is 14.3. The number of hydrogen-bond donors (Lipinski definition) is 1. The maximum atomic E-state index is 13.0. The number of fused-ring (bicyclic) bond motifs is 1. The molecular formula is C23H32N2O5. The SMILES string of the molecule is CC(C)(C)[C@@H]1OCCC[C@@H]1CNC(=O)[C@@H]1CCN(c2ccc3c(c2)OCCO3)C1=O. The fourth-order valence-corrected chi connectivity index (χ4v) is 4.74. The van der Waals surface area contributed by atoms with Crippen molar-refractivity contribution in [3.05, 3.63) is 18.2 Å². The van der Waals surface area contributed by atoms with Crippen molar-refractivity contribution in [3.8, 4) is 11.5 Å². The van der Waals surface area contributed by atoms with Crippen molar-refractivity contribution in [3.63, 3.8) is 0 Å². The number of hydrogen-bond acceptors (Lipinski definition) is 5. The minimum atomic E-state index is -0.643. The highest BCUT2D eigenvalue weighted by molar-refractivity contribution is 6.09. The van der Waals surface area contributed by atoms with Gasteiger partial charge in [0, 0.05) is 37.4 Å². The fourth-order valence-electron chi connectivity index (χ4n) is 4.74. The van der Waals surface area contributed by atoms with E-state index in [0.717, 1.165) is 25.1 Å². The van der Waals surface area contributed by atoms with Crippen molar-refractivity contribution in [1.82, 2.24) is 5.32 Å².